The molecule has 68 valence electrons. The second kappa shape index (κ2) is 4.01. The second-order valence-electron chi connectivity index (χ2n) is 3.10. The Balaban J connectivity index is 2.84. The van der Waals surface area contributed by atoms with Crippen LogP contribution in [0, 0.1) is 24.2 Å². The van der Waals surface area contributed by atoms with Crippen LogP contribution >= 0.6 is 0 Å². The molecule has 1 N–H and O–H groups in total. The molecule has 1 aromatic heterocycles. The molecule has 0 radical (unpaired) electrons. The summed E-state index contributed by atoms with van der Waals surface area (Å²) < 4.78 is 0. The highest BCUT2D eigenvalue weighted by Gasteiger charge is 2.15. The number of aromatic nitrogens is 1. The Labute approximate surface area is 77.7 Å². The van der Waals surface area contributed by atoms with Crippen molar-refractivity contribution in [1.29, 1.82) is 5.26 Å². The molecule has 0 amide bonds. The molecular weight excluding hydrogens is 164 g/mol. The van der Waals surface area contributed by atoms with Crippen LogP contribution in [0.15, 0.2) is 18.3 Å². The van der Waals surface area contributed by atoms with Gasteiger partial charge in [0.1, 0.15) is 0 Å². The summed E-state index contributed by atoms with van der Waals surface area (Å²) in [5, 5.41) is 18.2. The quantitative estimate of drug-likeness (QED) is 0.744. The molecule has 0 fully saturated rings. The number of nitriles is 1. The minimum Gasteiger partial charge on any atom is -0.387 e. The third-order valence-corrected chi connectivity index (χ3v) is 1.95. The Morgan fingerprint density at radius 2 is 2.23 bits per heavy atom. The summed E-state index contributed by atoms with van der Waals surface area (Å²) >= 11 is 0. The Bertz CT molecular complexity index is 313. The largest absolute Gasteiger partial charge is 0.387 e. The van der Waals surface area contributed by atoms with Crippen molar-refractivity contribution >= 4 is 0 Å². The molecule has 0 aliphatic rings. The molecule has 3 nitrogen and oxygen atoms in total. The van der Waals surface area contributed by atoms with Gasteiger partial charge >= 0.3 is 0 Å². The van der Waals surface area contributed by atoms with Crippen LogP contribution in [0.25, 0.3) is 0 Å². The monoisotopic (exact) mass is 176 g/mol. The van der Waals surface area contributed by atoms with Crippen molar-refractivity contribution in [2.45, 2.75) is 20.0 Å². The van der Waals surface area contributed by atoms with Gasteiger partial charge in [0.05, 0.1) is 18.1 Å². The second-order valence-corrected chi connectivity index (χ2v) is 3.10. The first kappa shape index (κ1) is 9.69. The Hall–Kier alpha value is -1.40. The third kappa shape index (κ3) is 2.27. The van der Waals surface area contributed by atoms with Gasteiger partial charge in [0.25, 0.3) is 0 Å². The van der Waals surface area contributed by atoms with Crippen molar-refractivity contribution in [2.24, 2.45) is 5.92 Å². The molecule has 0 aliphatic carbocycles. The summed E-state index contributed by atoms with van der Waals surface area (Å²) in [5.74, 6) is -0.399. The summed E-state index contributed by atoms with van der Waals surface area (Å²) in [5.41, 5.74) is 1.60. The number of aryl methyl sites for hydroxylation is 1. The maximum absolute atomic E-state index is 9.62. The maximum Gasteiger partial charge on any atom is 0.0960 e. The van der Waals surface area contributed by atoms with E-state index in [4.69, 9.17) is 5.26 Å². The van der Waals surface area contributed by atoms with Crippen LogP contribution in [0.4, 0.5) is 0 Å². The predicted octanol–water partition coefficient (Wildman–Crippen LogP) is 1.58. The van der Waals surface area contributed by atoms with Gasteiger partial charge in [-0.25, -0.2) is 0 Å². The molecule has 1 rings (SSSR count). The average molecular weight is 176 g/mol. The van der Waals surface area contributed by atoms with E-state index in [1.165, 1.54) is 0 Å². The SMILES string of the molecule is Cc1ccc(C(O)C(C)C#N)cn1. The molecule has 0 aromatic carbocycles. The van der Waals surface area contributed by atoms with Gasteiger partial charge in [0.2, 0.25) is 0 Å². The van der Waals surface area contributed by atoms with Crippen molar-refractivity contribution < 1.29 is 5.11 Å². The van der Waals surface area contributed by atoms with Crippen LogP contribution in [0.5, 0.6) is 0 Å². The molecule has 0 bridgehead atoms. The molecule has 3 heteroatoms. The van der Waals surface area contributed by atoms with Crippen LogP contribution in [-0.4, -0.2) is 10.1 Å². The van der Waals surface area contributed by atoms with Crippen LogP contribution in [0.2, 0.25) is 0 Å². The van der Waals surface area contributed by atoms with Gasteiger partial charge in [-0.2, -0.15) is 5.26 Å². The van der Waals surface area contributed by atoms with Gasteiger partial charge in [-0.15, -0.1) is 0 Å². The van der Waals surface area contributed by atoms with E-state index >= 15 is 0 Å². The van der Waals surface area contributed by atoms with Gasteiger partial charge in [-0.05, 0) is 19.9 Å². The fraction of sp³-hybridized carbons (Fsp3) is 0.400. The smallest absolute Gasteiger partial charge is 0.0960 e. The molecule has 1 aromatic rings. The Kier molecular flexibility index (Phi) is 2.99. The normalized spacial score (nSPS) is 14.6. The molecule has 2 unspecified atom stereocenters. The number of aliphatic hydroxyl groups is 1. The predicted molar refractivity (Wildman–Crippen MR) is 48.7 cm³/mol. The summed E-state index contributed by atoms with van der Waals surface area (Å²) in [7, 11) is 0. The third-order valence-electron chi connectivity index (χ3n) is 1.95. The van der Waals surface area contributed by atoms with E-state index in [1.807, 2.05) is 19.1 Å². The van der Waals surface area contributed by atoms with E-state index in [0.717, 1.165) is 5.69 Å². The average Bonchev–Trinajstić information content (AvgIpc) is 2.17. The standard InChI is InChI=1S/C10H12N2O/c1-7(5-11)10(13)9-4-3-8(2)12-6-9/h3-4,6-7,10,13H,1-2H3. The van der Waals surface area contributed by atoms with Crippen molar-refractivity contribution in [1.82, 2.24) is 4.98 Å². The van der Waals surface area contributed by atoms with Crippen molar-refractivity contribution in [2.75, 3.05) is 0 Å². The van der Waals surface area contributed by atoms with E-state index < -0.39 is 12.0 Å². The summed E-state index contributed by atoms with van der Waals surface area (Å²) in [4.78, 5) is 4.05. The van der Waals surface area contributed by atoms with E-state index in [9.17, 15) is 5.11 Å². The molecule has 0 saturated carbocycles. The Morgan fingerprint density at radius 3 is 2.69 bits per heavy atom. The van der Waals surface area contributed by atoms with Crippen molar-refractivity contribution in [3.05, 3.63) is 29.6 Å². The molecule has 0 spiro atoms. The molecule has 1 heterocycles. The number of hydrogen-bond donors (Lipinski definition) is 1. The molecule has 13 heavy (non-hydrogen) atoms. The van der Waals surface area contributed by atoms with E-state index in [2.05, 4.69) is 4.98 Å². The highest BCUT2D eigenvalue weighted by atomic mass is 16.3. The minimum atomic E-state index is -0.738. The van der Waals surface area contributed by atoms with Crippen LogP contribution in [0.3, 0.4) is 0 Å². The number of pyridine rings is 1. The lowest BCUT2D eigenvalue weighted by Crippen LogP contribution is -2.07. The number of hydrogen-bond acceptors (Lipinski definition) is 3. The summed E-state index contributed by atoms with van der Waals surface area (Å²) in [6, 6.07) is 5.61. The van der Waals surface area contributed by atoms with Gasteiger partial charge in [-0.3, -0.25) is 4.98 Å². The number of rotatable bonds is 2. The minimum absolute atomic E-state index is 0.399. The zero-order valence-electron chi connectivity index (χ0n) is 7.73. The summed E-state index contributed by atoms with van der Waals surface area (Å²) in [6.45, 7) is 3.56. The maximum atomic E-state index is 9.62. The van der Waals surface area contributed by atoms with Crippen LogP contribution < -0.4 is 0 Å². The van der Waals surface area contributed by atoms with Crippen molar-refractivity contribution in [3.8, 4) is 6.07 Å². The fourth-order valence-corrected chi connectivity index (χ4v) is 1.01. The first-order chi connectivity index (χ1) is 6.15. The lowest BCUT2D eigenvalue weighted by molar-refractivity contribution is 0.142. The molecular formula is C10H12N2O. The molecule has 0 aliphatic heterocycles. The van der Waals surface area contributed by atoms with Gasteiger partial charge in [-0.1, -0.05) is 6.07 Å². The Morgan fingerprint density at radius 1 is 1.54 bits per heavy atom. The summed E-state index contributed by atoms with van der Waals surface area (Å²) in [6.07, 6.45) is 0.867. The lowest BCUT2D eigenvalue weighted by Gasteiger charge is -2.11. The van der Waals surface area contributed by atoms with Crippen LogP contribution in [0.1, 0.15) is 24.3 Å². The van der Waals surface area contributed by atoms with Gasteiger partial charge in [0, 0.05) is 17.5 Å². The first-order valence-corrected chi connectivity index (χ1v) is 4.15. The number of nitrogens with zero attached hydrogens (tertiary/aromatic N) is 2. The van der Waals surface area contributed by atoms with E-state index in [-0.39, 0.29) is 0 Å². The molecule has 2 atom stereocenters. The van der Waals surface area contributed by atoms with E-state index in [1.54, 1.807) is 19.2 Å². The topological polar surface area (TPSA) is 56.9 Å². The molecule has 0 saturated heterocycles. The first-order valence-electron chi connectivity index (χ1n) is 4.15. The van der Waals surface area contributed by atoms with Crippen LogP contribution in [-0.2, 0) is 0 Å². The van der Waals surface area contributed by atoms with E-state index in [0.29, 0.717) is 5.56 Å². The van der Waals surface area contributed by atoms with Gasteiger partial charge in [0.15, 0.2) is 0 Å². The highest BCUT2D eigenvalue weighted by molar-refractivity contribution is 5.17. The van der Waals surface area contributed by atoms with Gasteiger partial charge < -0.3 is 5.11 Å². The highest BCUT2D eigenvalue weighted by Crippen LogP contribution is 2.19. The zero-order chi connectivity index (χ0) is 9.84. The number of aliphatic hydroxyl groups excluding tert-OH is 1. The fourth-order valence-electron chi connectivity index (χ4n) is 1.01. The zero-order valence-corrected chi connectivity index (χ0v) is 7.73. The lowest BCUT2D eigenvalue weighted by atomic mass is 10.0. The van der Waals surface area contributed by atoms with Crippen molar-refractivity contribution in [3.63, 3.8) is 0 Å².